The molecule has 1 amide bonds. The van der Waals surface area contributed by atoms with Crippen LogP contribution in [0.3, 0.4) is 0 Å². The summed E-state index contributed by atoms with van der Waals surface area (Å²) in [4.78, 5) is 24.7. The second kappa shape index (κ2) is 10.2. The van der Waals surface area contributed by atoms with E-state index in [0.29, 0.717) is 11.3 Å². The highest BCUT2D eigenvalue weighted by Gasteiger charge is 2.36. The molecule has 1 aliphatic carbocycles. The maximum Gasteiger partial charge on any atom is 0.573 e. The van der Waals surface area contributed by atoms with E-state index in [-0.39, 0.29) is 23.2 Å². The number of aromatic nitrogens is 2. The zero-order valence-corrected chi connectivity index (χ0v) is 21.9. The molecule has 10 nitrogen and oxygen atoms in total. The highest BCUT2D eigenvalue weighted by molar-refractivity contribution is 7.92. The maximum atomic E-state index is 14.2. The number of amides is 1. The van der Waals surface area contributed by atoms with Crippen LogP contribution in [0.4, 0.5) is 23.8 Å². The van der Waals surface area contributed by atoms with Crippen molar-refractivity contribution in [1.82, 2.24) is 20.8 Å². The number of hydrogen-bond donors (Lipinski definition) is 2. The van der Waals surface area contributed by atoms with Crippen LogP contribution in [-0.2, 0) is 21.4 Å². The van der Waals surface area contributed by atoms with Gasteiger partial charge in [-0.2, -0.15) is 0 Å². The number of carbonyl (C=O) groups is 1. The summed E-state index contributed by atoms with van der Waals surface area (Å²) in [5, 5.41) is 4.23. The molecular formula is C27H22F3N5O5S. The number of rotatable bonds is 8. The lowest BCUT2D eigenvalue weighted by atomic mass is 10.0. The molecule has 1 saturated heterocycles. The second-order valence-corrected chi connectivity index (χ2v) is 11.4. The Labute approximate surface area is 232 Å². The number of benzene rings is 2. The molecule has 1 saturated carbocycles. The first kappa shape index (κ1) is 26.8. The van der Waals surface area contributed by atoms with Gasteiger partial charge in [0.2, 0.25) is 0 Å². The fraction of sp³-hybridized carbons (Fsp3) is 0.222. The van der Waals surface area contributed by atoms with Gasteiger partial charge in [-0.25, -0.2) is 22.5 Å². The van der Waals surface area contributed by atoms with E-state index in [9.17, 15) is 26.4 Å². The summed E-state index contributed by atoms with van der Waals surface area (Å²) >= 11 is 0. The number of hydroxylamine groups is 1. The molecule has 212 valence electrons. The van der Waals surface area contributed by atoms with Gasteiger partial charge in [0.05, 0.1) is 12.2 Å². The van der Waals surface area contributed by atoms with Gasteiger partial charge in [-0.3, -0.25) is 10.3 Å². The van der Waals surface area contributed by atoms with Gasteiger partial charge in [-0.05, 0) is 54.0 Å². The molecule has 0 bridgehead atoms. The molecule has 2 aromatic carbocycles. The molecule has 2 fully saturated rings. The van der Waals surface area contributed by atoms with Gasteiger partial charge in [-0.1, -0.05) is 36.4 Å². The summed E-state index contributed by atoms with van der Waals surface area (Å²) in [5.74, 6) is -0.0695. The number of hydrogen-bond acceptors (Lipinski definition) is 8. The Morgan fingerprint density at radius 1 is 1.00 bits per heavy atom. The summed E-state index contributed by atoms with van der Waals surface area (Å²) in [7, 11) is -4.28. The first-order chi connectivity index (χ1) is 19.6. The predicted octanol–water partition coefficient (Wildman–Crippen LogP) is 5.04. The molecule has 1 atom stereocenters. The van der Waals surface area contributed by atoms with E-state index < -0.39 is 34.4 Å². The van der Waals surface area contributed by atoms with Gasteiger partial charge < -0.3 is 9.57 Å². The second-order valence-electron chi connectivity index (χ2n) is 9.56. The molecule has 6 rings (SSSR count). The van der Waals surface area contributed by atoms with E-state index in [1.807, 2.05) is 24.3 Å². The Balaban J connectivity index is 1.41. The fourth-order valence-electron chi connectivity index (χ4n) is 4.65. The standard InChI is InChI=1S/C27H22F3N5O5S/c28-27(29,30)39-19-9-5-16(6-10-19)15-35(25-23(17-7-8-17)21-4-2-1-3-18(21)13-32-25)41(37,38)20-11-12-22(31-14-20)24-33-26(36)40-34-24/h1-6,9-14,17,24,34H,7-8,15H2,(H,33,36). The van der Waals surface area contributed by atoms with Gasteiger partial charge in [-0.15, -0.1) is 18.7 Å². The van der Waals surface area contributed by atoms with Crippen molar-refractivity contribution in [2.45, 2.75) is 42.7 Å². The number of nitrogens with zero attached hydrogens (tertiary/aromatic N) is 3. The quantitative estimate of drug-likeness (QED) is 0.295. The molecule has 1 aliphatic heterocycles. The monoisotopic (exact) mass is 585 g/mol. The smallest absolute Gasteiger partial charge is 0.406 e. The van der Waals surface area contributed by atoms with Crippen molar-refractivity contribution in [2.24, 2.45) is 0 Å². The van der Waals surface area contributed by atoms with Crippen molar-refractivity contribution in [3.8, 4) is 5.75 Å². The van der Waals surface area contributed by atoms with Gasteiger partial charge in [0, 0.05) is 23.3 Å². The normalized spacial score (nSPS) is 17.2. The summed E-state index contributed by atoms with van der Waals surface area (Å²) in [6, 6.07) is 15.4. The van der Waals surface area contributed by atoms with Crippen molar-refractivity contribution in [3.63, 3.8) is 0 Å². The molecule has 4 aromatic rings. The summed E-state index contributed by atoms with van der Waals surface area (Å²) in [5.41, 5.74) is 3.99. The van der Waals surface area contributed by atoms with Gasteiger partial charge >= 0.3 is 12.5 Å². The Morgan fingerprint density at radius 3 is 2.39 bits per heavy atom. The highest BCUT2D eigenvalue weighted by Crippen LogP contribution is 2.48. The summed E-state index contributed by atoms with van der Waals surface area (Å²) in [6.07, 6.45) is -1.78. The Hall–Kier alpha value is -4.43. The topological polar surface area (TPSA) is 123 Å². The van der Waals surface area contributed by atoms with E-state index in [4.69, 9.17) is 0 Å². The molecule has 0 radical (unpaired) electrons. The number of halogens is 3. The molecule has 1 unspecified atom stereocenters. The van der Waals surface area contributed by atoms with Crippen LogP contribution < -0.4 is 19.8 Å². The maximum absolute atomic E-state index is 14.2. The lowest BCUT2D eigenvalue weighted by Crippen LogP contribution is -2.32. The molecular weight excluding hydrogens is 563 g/mol. The van der Waals surface area contributed by atoms with Crippen LogP contribution in [0.2, 0.25) is 0 Å². The molecule has 14 heteroatoms. The third kappa shape index (κ3) is 5.60. The first-order valence-electron chi connectivity index (χ1n) is 12.5. The molecule has 2 N–H and O–H groups in total. The van der Waals surface area contributed by atoms with Crippen LogP contribution in [-0.4, -0.2) is 30.8 Å². The predicted molar refractivity (Wildman–Crippen MR) is 140 cm³/mol. The number of nitrogens with one attached hydrogen (secondary N) is 2. The summed E-state index contributed by atoms with van der Waals surface area (Å²) < 4.78 is 71.4. The van der Waals surface area contributed by atoms with E-state index >= 15 is 0 Å². The zero-order chi connectivity index (χ0) is 28.8. The SMILES string of the molecule is O=C1NC(c2ccc(S(=O)(=O)N(Cc3ccc(OC(F)(F)F)cc3)c3ncc4ccccc4c3C3CC3)cn2)NO1. The summed E-state index contributed by atoms with van der Waals surface area (Å²) in [6.45, 7) is -0.213. The van der Waals surface area contributed by atoms with E-state index in [1.165, 1.54) is 30.5 Å². The van der Waals surface area contributed by atoms with Crippen molar-refractivity contribution < 1.29 is 36.0 Å². The molecule has 0 spiro atoms. The van der Waals surface area contributed by atoms with Gasteiger partial charge in [0.1, 0.15) is 16.5 Å². The minimum atomic E-state index is -4.85. The first-order valence-corrected chi connectivity index (χ1v) is 14.0. The average molecular weight is 586 g/mol. The number of carbonyl (C=O) groups excluding carboxylic acids is 1. The van der Waals surface area contributed by atoms with Crippen LogP contribution in [0, 0.1) is 0 Å². The lowest BCUT2D eigenvalue weighted by Gasteiger charge is -2.27. The van der Waals surface area contributed by atoms with E-state index in [0.717, 1.165) is 45.6 Å². The van der Waals surface area contributed by atoms with Crippen LogP contribution in [0.5, 0.6) is 5.75 Å². The number of alkyl halides is 3. The van der Waals surface area contributed by atoms with Crippen molar-refractivity contribution >= 4 is 32.7 Å². The minimum absolute atomic E-state index is 0.112. The lowest BCUT2D eigenvalue weighted by molar-refractivity contribution is -0.274. The van der Waals surface area contributed by atoms with Crippen molar-refractivity contribution in [1.29, 1.82) is 0 Å². The largest absolute Gasteiger partial charge is 0.573 e. The zero-order valence-electron chi connectivity index (χ0n) is 21.1. The van der Waals surface area contributed by atoms with E-state index in [2.05, 4.69) is 30.3 Å². The highest BCUT2D eigenvalue weighted by atomic mass is 32.2. The Bertz CT molecular complexity index is 1710. The third-order valence-electron chi connectivity index (χ3n) is 6.70. The Kier molecular flexibility index (Phi) is 6.66. The molecule has 2 aromatic heterocycles. The van der Waals surface area contributed by atoms with Crippen LogP contribution in [0.15, 0.2) is 78.0 Å². The Morgan fingerprint density at radius 2 is 1.76 bits per heavy atom. The number of fused-ring (bicyclic) bond motifs is 1. The number of ether oxygens (including phenoxy) is 1. The molecule has 2 aliphatic rings. The average Bonchev–Trinajstić information content (AvgIpc) is 3.70. The van der Waals surface area contributed by atoms with Crippen molar-refractivity contribution in [2.75, 3.05) is 4.31 Å². The third-order valence-corrected chi connectivity index (χ3v) is 8.42. The van der Waals surface area contributed by atoms with Gasteiger partial charge in [0.15, 0.2) is 6.17 Å². The molecule has 3 heterocycles. The number of pyridine rings is 2. The van der Waals surface area contributed by atoms with Crippen LogP contribution >= 0.6 is 0 Å². The number of sulfonamides is 1. The van der Waals surface area contributed by atoms with Gasteiger partial charge in [0.25, 0.3) is 10.0 Å². The number of anilines is 1. The van der Waals surface area contributed by atoms with Crippen molar-refractivity contribution in [3.05, 3.63) is 89.9 Å². The van der Waals surface area contributed by atoms with E-state index in [1.54, 1.807) is 6.20 Å². The molecule has 41 heavy (non-hydrogen) atoms. The fourth-order valence-corrected chi connectivity index (χ4v) is 6.02. The van der Waals surface area contributed by atoms with Crippen LogP contribution in [0.25, 0.3) is 10.8 Å². The minimum Gasteiger partial charge on any atom is -0.406 e. The van der Waals surface area contributed by atoms with Crippen LogP contribution in [0.1, 0.15) is 41.7 Å².